The van der Waals surface area contributed by atoms with Crippen molar-refractivity contribution >= 4 is 16.9 Å². The fourth-order valence-corrected chi connectivity index (χ4v) is 5.20. The quantitative estimate of drug-likeness (QED) is 0.388. The third-order valence-corrected chi connectivity index (χ3v) is 7.15. The van der Waals surface area contributed by atoms with E-state index in [1.165, 1.54) is 0 Å². The summed E-state index contributed by atoms with van der Waals surface area (Å²) >= 11 is 0. The molecule has 1 aromatic heterocycles. The molecule has 37 heavy (non-hydrogen) atoms. The molecule has 0 aliphatic carbocycles. The molecule has 1 saturated heterocycles. The van der Waals surface area contributed by atoms with Crippen molar-refractivity contribution in [1.82, 2.24) is 19.8 Å². The zero-order chi connectivity index (χ0) is 25.8. The molecule has 7 nitrogen and oxygen atoms in total. The van der Waals surface area contributed by atoms with Crippen LogP contribution in [0.1, 0.15) is 42.6 Å². The van der Waals surface area contributed by atoms with E-state index in [0.29, 0.717) is 25.3 Å². The van der Waals surface area contributed by atoms with Gasteiger partial charge < -0.3 is 19.5 Å². The van der Waals surface area contributed by atoms with Gasteiger partial charge in [-0.1, -0.05) is 48.5 Å². The molecule has 0 saturated carbocycles. The topological polar surface area (TPSA) is 83.2 Å². The fourth-order valence-electron chi connectivity index (χ4n) is 5.20. The molecule has 0 radical (unpaired) electrons. The maximum atomic E-state index is 12.2. The number of amides is 1. The Morgan fingerprint density at radius 3 is 2.65 bits per heavy atom. The van der Waals surface area contributed by atoms with Gasteiger partial charge in [-0.25, -0.2) is 9.78 Å². The number of benzene rings is 3. The molecule has 1 amide bonds. The zero-order valence-corrected chi connectivity index (χ0v) is 21.2. The molecule has 1 fully saturated rings. The molecule has 0 spiro atoms. The van der Waals surface area contributed by atoms with Crippen molar-refractivity contribution < 1.29 is 9.53 Å². The number of piperidine rings is 1. The summed E-state index contributed by atoms with van der Waals surface area (Å²) in [6.45, 7) is 3.53. The van der Waals surface area contributed by atoms with Crippen molar-refractivity contribution in [3.63, 3.8) is 0 Å². The lowest BCUT2D eigenvalue weighted by Gasteiger charge is -2.34. The lowest BCUT2D eigenvalue weighted by Crippen LogP contribution is -2.46. The monoisotopic (exact) mass is 493 g/mol. The maximum absolute atomic E-state index is 12.2. The maximum Gasteiger partial charge on any atom is 0.409 e. The van der Waals surface area contributed by atoms with E-state index in [1.54, 1.807) is 4.90 Å². The van der Waals surface area contributed by atoms with E-state index in [9.17, 15) is 10.1 Å². The molecule has 4 aromatic rings. The normalized spacial score (nSPS) is 14.9. The van der Waals surface area contributed by atoms with Crippen LogP contribution in [0.2, 0.25) is 0 Å². The molecule has 1 atom stereocenters. The minimum absolute atomic E-state index is 0.117. The average molecular weight is 494 g/mol. The first-order valence-electron chi connectivity index (χ1n) is 12.7. The van der Waals surface area contributed by atoms with Gasteiger partial charge in [0, 0.05) is 31.7 Å². The van der Waals surface area contributed by atoms with Crippen LogP contribution < -0.4 is 5.32 Å². The molecule has 1 aliphatic heterocycles. The number of rotatable bonds is 6. The Morgan fingerprint density at radius 1 is 1.14 bits per heavy atom. The van der Waals surface area contributed by atoms with E-state index >= 15 is 0 Å². The molecule has 0 bridgehead atoms. The number of likely N-dealkylation sites (tertiary alicyclic amines) is 1. The summed E-state index contributed by atoms with van der Waals surface area (Å²) in [5.41, 5.74) is 4.72. The number of aryl methyl sites for hydroxylation is 1. The smallest absolute Gasteiger partial charge is 0.409 e. The number of nitrogens with one attached hydrogen (secondary N) is 1. The van der Waals surface area contributed by atoms with Crippen molar-refractivity contribution in [1.29, 1.82) is 5.26 Å². The predicted octanol–water partition coefficient (Wildman–Crippen LogP) is 5.41. The van der Waals surface area contributed by atoms with Crippen LogP contribution in [0.3, 0.4) is 0 Å². The third kappa shape index (κ3) is 5.07. The molecule has 1 unspecified atom stereocenters. The Kier molecular flexibility index (Phi) is 7.20. The Morgan fingerprint density at radius 2 is 1.92 bits per heavy atom. The van der Waals surface area contributed by atoms with Crippen LogP contribution in [0, 0.1) is 11.3 Å². The van der Waals surface area contributed by atoms with E-state index in [1.807, 2.05) is 61.4 Å². The highest BCUT2D eigenvalue weighted by Gasteiger charge is 2.28. The minimum atomic E-state index is -0.240. The molecule has 188 valence electrons. The standard InChI is InChI=1S/C30H31N5O2/c1-3-37-30(36)35-15-13-24(14-16-35)33-29(28-19-32-20-34(28)2)22-11-12-23(18-31)27(17-22)26-10-6-8-21-7-4-5-9-25(21)26/h4-12,17,19-20,24,29,33H,3,13-16H2,1-2H3. The van der Waals surface area contributed by atoms with Crippen molar-refractivity contribution in [2.24, 2.45) is 7.05 Å². The summed E-state index contributed by atoms with van der Waals surface area (Å²) in [6.07, 6.45) is 5.12. The Bertz CT molecular complexity index is 1440. The van der Waals surface area contributed by atoms with Gasteiger partial charge >= 0.3 is 6.09 Å². The van der Waals surface area contributed by atoms with Gasteiger partial charge in [0.15, 0.2) is 0 Å². The second-order valence-corrected chi connectivity index (χ2v) is 9.43. The number of nitrogens with zero attached hydrogens (tertiary/aromatic N) is 4. The highest BCUT2D eigenvalue weighted by atomic mass is 16.6. The largest absolute Gasteiger partial charge is 0.450 e. The summed E-state index contributed by atoms with van der Waals surface area (Å²) in [7, 11) is 2.00. The Hall–Kier alpha value is -4.15. The number of carbonyl (C=O) groups excluding carboxylic acids is 1. The molecular formula is C30H31N5O2. The van der Waals surface area contributed by atoms with E-state index < -0.39 is 0 Å². The van der Waals surface area contributed by atoms with Gasteiger partial charge in [-0.15, -0.1) is 0 Å². The third-order valence-electron chi connectivity index (χ3n) is 7.15. The van der Waals surface area contributed by atoms with Crippen LogP contribution in [-0.2, 0) is 11.8 Å². The van der Waals surface area contributed by atoms with E-state index in [0.717, 1.165) is 46.0 Å². The SMILES string of the molecule is CCOC(=O)N1CCC(NC(c2ccc(C#N)c(-c3cccc4ccccc34)c2)c2cncn2C)CC1. The fraction of sp³-hybridized carbons (Fsp3) is 0.300. The lowest BCUT2D eigenvalue weighted by atomic mass is 9.91. The van der Waals surface area contributed by atoms with Crippen molar-refractivity contribution in [2.75, 3.05) is 19.7 Å². The summed E-state index contributed by atoms with van der Waals surface area (Å²) < 4.78 is 7.21. The van der Waals surface area contributed by atoms with Crippen LogP contribution in [-0.4, -0.2) is 46.3 Å². The zero-order valence-electron chi connectivity index (χ0n) is 21.2. The van der Waals surface area contributed by atoms with Gasteiger partial charge in [-0.3, -0.25) is 0 Å². The number of carbonyl (C=O) groups is 1. The van der Waals surface area contributed by atoms with Gasteiger partial charge in [0.1, 0.15) is 0 Å². The molecule has 7 heteroatoms. The van der Waals surface area contributed by atoms with Crippen LogP contribution in [0.5, 0.6) is 0 Å². The first kappa shape index (κ1) is 24.5. The number of hydrogen-bond donors (Lipinski definition) is 1. The van der Waals surface area contributed by atoms with Crippen LogP contribution >= 0.6 is 0 Å². The summed E-state index contributed by atoms with van der Waals surface area (Å²) in [5.74, 6) is 0. The number of aromatic nitrogens is 2. The second kappa shape index (κ2) is 10.9. The van der Waals surface area contributed by atoms with Gasteiger partial charge in [-0.2, -0.15) is 5.26 Å². The Balaban J connectivity index is 1.49. The highest BCUT2D eigenvalue weighted by Crippen LogP contribution is 2.34. The highest BCUT2D eigenvalue weighted by molar-refractivity contribution is 5.97. The molecule has 1 N–H and O–H groups in total. The number of ether oxygens (including phenoxy) is 1. The van der Waals surface area contributed by atoms with Gasteiger partial charge in [-0.05, 0) is 53.8 Å². The number of nitriles is 1. The molecule has 2 heterocycles. The van der Waals surface area contributed by atoms with Crippen molar-refractivity contribution in [2.45, 2.75) is 31.8 Å². The molecule has 1 aliphatic rings. The Labute approximate surface area is 217 Å². The van der Waals surface area contributed by atoms with Crippen LogP contribution in [0.25, 0.3) is 21.9 Å². The summed E-state index contributed by atoms with van der Waals surface area (Å²) in [6, 6.07) is 23.1. The predicted molar refractivity (Wildman–Crippen MR) is 144 cm³/mol. The summed E-state index contributed by atoms with van der Waals surface area (Å²) in [5, 5.41) is 16.1. The van der Waals surface area contributed by atoms with E-state index in [-0.39, 0.29) is 18.2 Å². The van der Waals surface area contributed by atoms with Crippen molar-refractivity contribution in [3.8, 4) is 17.2 Å². The number of imidazole rings is 1. The van der Waals surface area contributed by atoms with Crippen LogP contribution in [0.4, 0.5) is 4.79 Å². The second-order valence-electron chi connectivity index (χ2n) is 9.43. The molecular weight excluding hydrogens is 462 g/mol. The van der Waals surface area contributed by atoms with E-state index in [4.69, 9.17) is 4.74 Å². The van der Waals surface area contributed by atoms with Crippen molar-refractivity contribution in [3.05, 3.63) is 90.0 Å². The summed E-state index contributed by atoms with van der Waals surface area (Å²) in [4.78, 5) is 18.3. The van der Waals surface area contributed by atoms with Crippen LogP contribution in [0.15, 0.2) is 73.2 Å². The average Bonchev–Trinajstić information content (AvgIpc) is 3.37. The first-order chi connectivity index (χ1) is 18.1. The van der Waals surface area contributed by atoms with Gasteiger partial charge in [0.05, 0.1) is 42.5 Å². The van der Waals surface area contributed by atoms with E-state index in [2.05, 4.69) is 46.7 Å². The molecule has 5 rings (SSSR count). The number of hydrogen-bond acceptors (Lipinski definition) is 5. The molecule has 3 aromatic carbocycles. The van der Waals surface area contributed by atoms with Gasteiger partial charge in [0.2, 0.25) is 0 Å². The lowest BCUT2D eigenvalue weighted by molar-refractivity contribution is 0.0945. The number of fused-ring (bicyclic) bond motifs is 1. The van der Waals surface area contributed by atoms with Gasteiger partial charge in [0.25, 0.3) is 0 Å². The first-order valence-corrected chi connectivity index (χ1v) is 12.7. The minimum Gasteiger partial charge on any atom is -0.450 e.